The number of ether oxygens (including phenoxy) is 1. The third-order valence-electron chi connectivity index (χ3n) is 5.70. The molecule has 1 aliphatic heterocycles. The molecule has 0 fully saturated rings. The van der Waals surface area contributed by atoms with E-state index in [0.29, 0.717) is 42.2 Å². The lowest BCUT2D eigenvalue weighted by Crippen LogP contribution is -2.20. The van der Waals surface area contributed by atoms with Gasteiger partial charge < -0.3 is 15.2 Å². The normalized spacial score (nSPS) is 13.7. The van der Waals surface area contributed by atoms with Gasteiger partial charge in [-0.2, -0.15) is 13.2 Å². The Bertz CT molecular complexity index is 1400. The highest BCUT2D eigenvalue weighted by molar-refractivity contribution is 5.98. The van der Waals surface area contributed by atoms with E-state index in [2.05, 4.69) is 15.3 Å². The first-order valence-corrected chi connectivity index (χ1v) is 10.8. The second-order valence-electron chi connectivity index (χ2n) is 8.06. The van der Waals surface area contributed by atoms with E-state index < -0.39 is 17.8 Å². The van der Waals surface area contributed by atoms with Crippen LogP contribution >= 0.6 is 0 Å². The molecule has 1 amide bonds. The molecule has 11 heteroatoms. The van der Waals surface area contributed by atoms with Crippen molar-refractivity contribution < 1.29 is 27.8 Å². The molecular weight excluding hydrogens is 463 g/mol. The average molecular weight is 483 g/mol. The minimum Gasteiger partial charge on any atom is -0.439 e. The van der Waals surface area contributed by atoms with Crippen molar-refractivity contribution in [3.8, 4) is 11.6 Å². The molecule has 0 saturated heterocycles. The fourth-order valence-electron chi connectivity index (χ4n) is 4.03. The molecular formula is C24H20F3N5O3. The molecule has 35 heavy (non-hydrogen) atoms. The van der Waals surface area contributed by atoms with Crippen molar-refractivity contribution in [3.05, 3.63) is 77.9 Å². The number of aliphatic hydroxyl groups excluding tert-OH is 1. The van der Waals surface area contributed by atoms with E-state index >= 15 is 0 Å². The fraction of sp³-hybridized carbons (Fsp3) is 0.208. The van der Waals surface area contributed by atoms with Crippen molar-refractivity contribution in [1.29, 1.82) is 0 Å². The largest absolute Gasteiger partial charge is 0.439 e. The molecule has 180 valence electrons. The van der Waals surface area contributed by atoms with Gasteiger partial charge in [0.15, 0.2) is 0 Å². The molecule has 2 aromatic heterocycles. The maximum Gasteiger partial charge on any atom is 0.416 e. The smallest absolute Gasteiger partial charge is 0.416 e. The van der Waals surface area contributed by atoms with Gasteiger partial charge in [0.1, 0.15) is 12.1 Å². The Balaban J connectivity index is 1.35. The summed E-state index contributed by atoms with van der Waals surface area (Å²) in [5.74, 6) is 0.937. The minimum absolute atomic E-state index is 0.0412. The number of nitrogens with zero attached hydrogens (tertiary/aromatic N) is 4. The van der Waals surface area contributed by atoms with Crippen LogP contribution in [0.3, 0.4) is 0 Å². The Morgan fingerprint density at radius 3 is 2.77 bits per heavy atom. The fourth-order valence-corrected chi connectivity index (χ4v) is 4.03. The van der Waals surface area contributed by atoms with Gasteiger partial charge in [0.2, 0.25) is 5.88 Å². The summed E-state index contributed by atoms with van der Waals surface area (Å²) in [4.78, 5) is 23.3. The van der Waals surface area contributed by atoms with E-state index in [1.165, 1.54) is 29.2 Å². The van der Waals surface area contributed by atoms with E-state index in [4.69, 9.17) is 4.74 Å². The van der Waals surface area contributed by atoms with Crippen molar-refractivity contribution >= 4 is 22.6 Å². The molecule has 0 aliphatic carbocycles. The highest BCUT2D eigenvalue weighted by Crippen LogP contribution is 2.33. The van der Waals surface area contributed by atoms with E-state index in [0.717, 1.165) is 23.4 Å². The molecule has 5 rings (SSSR count). The highest BCUT2D eigenvalue weighted by atomic mass is 19.4. The summed E-state index contributed by atoms with van der Waals surface area (Å²) >= 11 is 0. The number of hydrogen-bond donors (Lipinski definition) is 2. The van der Waals surface area contributed by atoms with Crippen LogP contribution in [0.15, 0.2) is 61.1 Å². The summed E-state index contributed by atoms with van der Waals surface area (Å²) in [5.41, 5.74) is 1.47. The Morgan fingerprint density at radius 1 is 1.11 bits per heavy atom. The number of amides is 1. The van der Waals surface area contributed by atoms with Crippen LogP contribution in [-0.4, -0.2) is 43.7 Å². The van der Waals surface area contributed by atoms with Crippen LogP contribution in [0.4, 0.5) is 23.7 Å². The zero-order valence-corrected chi connectivity index (χ0v) is 18.3. The summed E-state index contributed by atoms with van der Waals surface area (Å²) < 4.78 is 46.2. The van der Waals surface area contributed by atoms with Gasteiger partial charge in [-0.3, -0.25) is 9.47 Å². The summed E-state index contributed by atoms with van der Waals surface area (Å²) in [7, 11) is 0. The molecule has 0 spiro atoms. The third-order valence-corrected chi connectivity index (χ3v) is 5.70. The first kappa shape index (κ1) is 22.8. The molecule has 0 saturated carbocycles. The van der Waals surface area contributed by atoms with Crippen molar-refractivity contribution in [2.45, 2.75) is 19.3 Å². The number of β-amino-alcohol motifs (C(OH)–C–C–N with tert-alkyl or cyclic N) is 1. The second kappa shape index (κ2) is 9.01. The van der Waals surface area contributed by atoms with Crippen LogP contribution in [0.5, 0.6) is 11.6 Å². The molecule has 1 aliphatic rings. The SMILES string of the molecule is O=C(Nc1cccc(C(F)(F)F)c1)n1ccc2cc(Oc3ncnc4c3CN(CCO)C4)ccc21. The monoisotopic (exact) mass is 483 g/mol. The van der Waals surface area contributed by atoms with Crippen LogP contribution in [0.2, 0.25) is 0 Å². The van der Waals surface area contributed by atoms with E-state index in [-0.39, 0.29) is 12.3 Å². The number of fused-ring (bicyclic) bond motifs is 2. The summed E-state index contributed by atoms with van der Waals surface area (Å²) in [5, 5.41) is 12.4. The molecule has 0 bridgehead atoms. The third kappa shape index (κ3) is 4.68. The first-order valence-electron chi connectivity index (χ1n) is 10.8. The number of carbonyl (C=O) groups is 1. The lowest BCUT2D eigenvalue weighted by molar-refractivity contribution is -0.137. The summed E-state index contributed by atoms with van der Waals surface area (Å²) in [6.07, 6.45) is -1.53. The lowest BCUT2D eigenvalue weighted by atomic mass is 10.2. The van der Waals surface area contributed by atoms with Gasteiger partial charge in [0.05, 0.1) is 28.9 Å². The number of hydrogen-bond acceptors (Lipinski definition) is 6. The lowest BCUT2D eigenvalue weighted by Gasteiger charge is -2.12. The molecule has 8 nitrogen and oxygen atoms in total. The van der Waals surface area contributed by atoms with Crippen molar-refractivity contribution in [3.63, 3.8) is 0 Å². The number of aromatic nitrogens is 3. The number of carbonyl (C=O) groups excluding carboxylic acids is 1. The van der Waals surface area contributed by atoms with Gasteiger partial charge in [-0.05, 0) is 42.5 Å². The summed E-state index contributed by atoms with van der Waals surface area (Å²) in [6.45, 7) is 1.75. The second-order valence-corrected chi connectivity index (χ2v) is 8.06. The van der Waals surface area contributed by atoms with E-state index in [1.54, 1.807) is 24.3 Å². The number of nitrogens with one attached hydrogen (secondary N) is 1. The first-order chi connectivity index (χ1) is 16.8. The Labute approximate surface area is 197 Å². The quantitative estimate of drug-likeness (QED) is 0.430. The van der Waals surface area contributed by atoms with Crippen LogP contribution in [0.1, 0.15) is 16.8 Å². The van der Waals surface area contributed by atoms with Gasteiger partial charge in [-0.25, -0.2) is 14.8 Å². The van der Waals surface area contributed by atoms with E-state index in [9.17, 15) is 23.1 Å². The van der Waals surface area contributed by atoms with Crippen LogP contribution < -0.4 is 10.1 Å². The van der Waals surface area contributed by atoms with Gasteiger partial charge >= 0.3 is 12.2 Å². The number of alkyl halides is 3. The van der Waals surface area contributed by atoms with Crippen molar-refractivity contribution in [1.82, 2.24) is 19.4 Å². The molecule has 0 unspecified atom stereocenters. The highest BCUT2D eigenvalue weighted by Gasteiger charge is 2.30. The van der Waals surface area contributed by atoms with Gasteiger partial charge in [-0.15, -0.1) is 0 Å². The van der Waals surface area contributed by atoms with Crippen LogP contribution in [-0.2, 0) is 19.3 Å². The molecule has 4 aromatic rings. The van der Waals surface area contributed by atoms with Crippen LogP contribution in [0, 0.1) is 0 Å². The molecule has 3 heterocycles. The maximum absolute atomic E-state index is 13.0. The van der Waals surface area contributed by atoms with Gasteiger partial charge in [0, 0.05) is 36.9 Å². The summed E-state index contributed by atoms with van der Waals surface area (Å²) in [6, 6.07) is 10.7. The van der Waals surface area contributed by atoms with E-state index in [1.807, 2.05) is 4.90 Å². The number of benzene rings is 2. The Hall–Kier alpha value is -3.96. The number of aliphatic hydroxyl groups is 1. The molecule has 2 aromatic carbocycles. The Kier molecular flexibility index (Phi) is 5.87. The van der Waals surface area contributed by atoms with Gasteiger partial charge in [0.25, 0.3) is 0 Å². The van der Waals surface area contributed by atoms with Crippen molar-refractivity contribution in [2.75, 3.05) is 18.5 Å². The average Bonchev–Trinajstić information content (AvgIpc) is 3.43. The molecule has 0 atom stereocenters. The Morgan fingerprint density at radius 2 is 1.97 bits per heavy atom. The number of anilines is 1. The number of rotatable bonds is 5. The minimum atomic E-state index is -4.50. The zero-order chi connectivity index (χ0) is 24.6. The molecule has 0 radical (unpaired) electrons. The maximum atomic E-state index is 13.0. The standard InChI is InChI=1S/C24H20F3N5O3/c25-24(26,27)16-2-1-3-17(11-16)30-23(34)32-7-6-15-10-18(4-5-21(15)32)35-22-19-12-31(8-9-33)13-20(19)28-14-29-22/h1-7,10-11,14,33H,8-9,12-13H2,(H,30,34). The predicted octanol–water partition coefficient (Wildman–Crippen LogP) is 4.63. The zero-order valence-electron chi connectivity index (χ0n) is 18.3. The number of halogens is 3. The van der Waals surface area contributed by atoms with Gasteiger partial charge in [-0.1, -0.05) is 6.07 Å². The van der Waals surface area contributed by atoms with Crippen molar-refractivity contribution in [2.24, 2.45) is 0 Å². The predicted molar refractivity (Wildman–Crippen MR) is 121 cm³/mol. The van der Waals surface area contributed by atoms with Crippen LogP contribution in [0.25, 0.3) is 10.9 Å². The molecule has 2 N–H and O–H groups in total. The topological polar surface area (TPSA) is 92.5 Å².